The Morgan fingerprint density at radius 1 is 1.25 bits per heavy atom. The van der Waals surface area contributed by atoms with E-state index in [4.69, 9.17) is 5.73 Å². The van der Waals surface area contributed by atoms with Crippen molar-refractivity contribution in [3.8, 4) is 0 Å². The van der Waals surface area contributed by atoms with Gasteiger partial charge < -0.3 is 5.73 Å². The van der Waals surface area contributed by atoms with Crippen LogP contribution in [0.15, 0.2) is 12.3 Å². The number of Topliss-reactive ketones (excluding diaryl/α,β-unsaturated/α-hetero) is 1. The molecular weight excluding hydrogens is 250 g/mol. The van der Waals surface area contributed by atoms with Crippen LogP contribution in [0, 0.1) is 5.92 Å². The molecule has 0 amide bonds. The normalized spacial score (nSPS) is 27.9. The first-order valence-electron chi connectivity index (χ1n) is 8.04. The molecule has 20 heavy (non-hydrogen) atoms. The summed E-state index contributed by atoms with van der Waals surface area (Å²) in [6.45, 7) is 0. The van der Waals surface area contributed by atoms with E-state index >= 15 is 0 Å². The third-order valence-electron chi connectivity index (χ3n) is 4.89. The maximum absolute atomic E-state index is 12.3. The lowest BCUT2D eigenvalue weighted by Crippen LogP contribution is -2.32. The highest BCUT2D eigenvalue weighted by Crippen LogP contribution is 2.29. The summed E-state index contributed by atoms with van der Waals surface area (Å²) in [5, 5.41) is 4.61. The zero-order valence-electron chi connectivity index (χ0n) is 12.1. The maximum Gasteiger partial charge on any atom is 0.142 e. The highest BCUT2D eigenvalue weighted by Gasteiger charge is 2.26. The SMILES string of the molecule is NC1CCCC(C(=O)Cc2ccn(C3CCCC3)n2)C1. The summed E-state index contributed by atoms with van der Waals surface area (Å²) in [4.78, 5) is 12.3. The molecule has 0 aromatic carbocycles. The topological polar surface area (TPSA) is 60.9 Å². The Morgan fingerprint density at radius 3 is 2.80 bits per heavy atom. The second-order valence-corrected chi connectivity index (χ2v) is 6.49. The minimum Gasteiger partial charge on any atom is -0.328 e. The molecule has 2 aliphatic rings. The van der Waals surface area contributed by atoms with Gasteiger partial charge in [0.15, 0.2) is 0 Å². The molecule has 1 aromatic rings. The molecule has 2 fully saturated rings. The summed E-state index contributed by atoms with van der Waals surface area (Å²) < 4.78 is 2.07. The molecule has 2 unspecified atom stereocenters. The Labute approximate surface area is 120 Å². The Balaban J connectivity index is 1.58. The molecule has 0 aliphatic heterocycles. The van der Waals surface area contributed by atoms with Crippen LogP contribution in [-0.2, 0) is 11.2 Å². The summed E-state index contributed by atoms with van der Waals surface area (Å²) in [5.41, 5.74) is 6.90. The van der Waals surface area contributed by atoms with Crippen LogP contribution in [-0.4, -0.2) is 21.6 Å². The van der Waals surface area contributed by atoms with Crippen LogP contribution in [0.25, 0.3) is 0 Å². The summed E-state index contributed by atoms with van der Waals surface area (Å²) in [7, 11) is 0. The number of hydrogen-bond acceptors (Lipinski definition) is 3. The fourth-order valence-electron chi connectivity index (χ4n) is 3.69. The highest BCUT2D eigenvalue weighted by molar-refractivity contribution is 5.83. The summed E-state index contributed by atoms with van der Waals surface area (Å²) >= 11 is 0. The average molecular weight is 275 g/mol. The van der Waals surface area contributed by atoms with Crippen LogP contribution >= 0.6 is 0 Å². The van der Waals surface area contributed by atoms with E-state index in [0.29, 0.717) is 18.2 Å². The molecule has 2 atom stereocenters. The number of hydrogen-bond donors (Lipinski definition) is 1. The van der Waals surface area contributed by atoms with Crippen LogP contribution in [0.2, 0.25) is 0 Å². The van der Waals surface area contributed by atoms with Gasteiger partial charge >= 0.3 is 0 Å². The molecule has 2 saturated carbocycles. The number of aromatic nitrogens is 2. The number of nitrogens with zero attached hydrogens (tertiary/aromatic N) is 2. The Hall–Kier alpha value is -1.16. The molecule has 2 aliphatic carbocycles. The number of carbonyl (C=O) groups is 1. The lowest BCUT2D eigenvalue weighted by Gasteiger charge is -2.25. The van der Waals surface area contributed by atoms with E-state index in [1.807, 2.05) is 12.3 Å². The van der Waals surface area contributed by atoms with Gasteiger partial charge in [-0.3, -0.25) is 9.48 Å². The van der Waals surface area contributed by atoms with Crippen molar-refractivity contribution in [3.63, 3.8) is 0 Å². The zero-order chi connectivity index (χ0) is 13.9. The minimum absolute atomic E-state index is 0.162. The van der Waals surface area contributed by atoms with Gasteiger partial charge in [0.05, 0.1) is 18.2 Å². The zero-order valence-corrected chi connectivity index (χ0v) is 12.1. The molecule has 110 valence electrons. The standard InChI is InChI=1S/C16H25N3O/c17-13-5-3-4-12(10-13)16(20)11-14-8-9-19(18-14)15-6-1-2-7-15/h8-9,12-13,15H,1-7,10-11,17H2. The lowest BCUT2D eigenvalue weighted by atomic mass is 9.82. The van der Waals surface area contributed by atoms with Gasteiger partial charge in [0, 0.05) is 18.2 Å². The van der Waals surface area contributed by atoms with E-state index in [1.165, 1.54) is 25.7 Å². The maximum atomic E-state index is 12.3. The summed E-state index contributed by atoms with van der Waals surface area (Å²) in [6.07, 6.45) is 11.6. The molecular formula is C16H25N3O. The van der Waals surface area contributed by atoms with Gasteiger partial charge in [0.1, 0.15) is 5.78 Å². The van der Waals surface area contributed by atoms with Crippen molar-refractivity contribution in [2.24, 2.45) is 11.7 Å². The molecule has 4 heteroatoms. The van der Waals surface area contributed by atoms with E-state index in [1.54, 1.807) is 0 Å². The van der Waals surface area contributed by atoms with E-state index in [0.717, 1.165) is 31.4 Å². The molecule has 0 bridgehead atoms. The third-order valence-corrected chi connectivity index (χ3v) is 4.89. The number of rotatable bonds is 4. The first-order valence-corrected chi connectivity index (χ1v) is 8.04. The van der Waals surface area contributed by atoms with Crippen LogP contribution in [0.1, 0.15) is 63.1 Å². The van der Waals surface area contributed by atoms with Crippen molar-refractivity contribution in [1.82, 2.24) is 9.78 Å². The van der Waals surface area contributed by atoms with Gasteiger partial charge in [-0.2, -0.15) is 5.10 Å². The van der Waals surface area contributed by atoms with Gasteiger partial charge in [-0.05, 0) is 38.2 Å². The Kier molecular flexibility index (Phi) is 4.20. The van der Waals surface area contributed by atoms with Crippen LogP contribution in [0.5, 0.6) is 0 Å². The lowest BCUT2D eigenvalue weighted by molar-refractivity contribution is -0.123. The summed E-state index contributed by atoms with van der Waals surface area (Å²) in [6, 6.07) is 2.79. The predicted octanol–water partition coefficient (Wildman–Crippen LogP) is 2.63. The van der Waals surface area contributed by atoms with Crippen molar-refractivity contribution in [1.29, 1.82) is 0 Å². The van der Waals surface area contributed by atoms with Crippen LogP contribution in [0.3, 0.4) is 0 Å². The van der Waals surface area contributed by atoms with E-state index < -0.39 is 0 Å². The van der Waals surface area contributed by atoms with Crippen LogP contribution in [0.4, 0.5) is 0 Å². The Morgan fingerprint density at radius 2 is 2.05 bits per heavy atom. The quantitative estimate of drug-likeness (QED) is 0.919. The average Bonchev–Trinajstić information content (AvgIpc) is 3.08. The van der Waals surface area contributed by atoms with E-state index in [9.17, 15) is 4.79 Å². The first-order chi connectivity index (χ1) is 9.72. The first kappa shape index (κ1) is 13.8. The van der Waals surface area contributed by atoms with Gasteiger partial charge in [0.2, 0.25) is 0 Å². The van der Waals surface area contributed by atoms with Crippen molar-refractivity contribution in [2.75, 3.05) is 0 Å². The van der Waals surface area contributed by atoms with Gasteiger partial charge in [-0.1, -0.05) is 19.3 Å². The molecule has 1 aromatic heterocycles. The molecule has 0 radical (unpaired) electrons. The van der Waals surface area contributed by atoms with Gasteiger partial charge in [-0.15, -0.1) is 0 Å². The summed E-state index contributed by atoms with van der Waals surface area (Å²) in [5.74, 6) is 0.493. The van der Waals surface area contributed by atoms with E-state index in [-0.39, 0.29) is 12.0 Å². The second kappa shape index (κ2) is 6.08. The molecule has 0 spiro atoms. The highest BCUT2D eigenvalue weighted by atomic mass is 16.1. The van der Waals surface area contributed by atoms with Gasteiger partial charge in [-0.25, -0.2) is 0 Å². The molecule has 1 heterocycles. The predicted molar refractivity (Wildman–Crippen MR) is 78.4 cm³/mol. The smallest absolute Gasteiger partial charge is 0.142 e. The number of nitrogens with two attached hydrogens (primary N) is 1. The fourth-order valence-corrected chi connectivity index (χ4v) is 3.69. The second-order valence-electron chi connectivity index (χ2n) is 6.49. The Bertz CT molecular complexity index is 462. The monoisotopic (exact) mass is 275 g/mol. The fraction of sp³-hybridized carbons (Fsp3) is 0.750. The van der Waals surface area contributed by atoms with Crippen molar-refractivity contribution in [3.05, 3.63) is 18.0 Å². The van der Waals surface area contributed by atoms with Crippen molar-refractivity contribution >= 4 is 5.78 Å². The largest absolute Gasteiger partial charge is 0.328 e. The minimum atomic E-state index is 0.162. The van der Waals surface area contributed by atoms with Crippen LogP contribution < -0.4 is 5.73 Å². The number of carbonyl (C=O) groups excluding carboxylic acids is 1. The number of ketones is 1. The third kappa shape index (κ3) is 3.11. The van der Waals surface area contributed by atoms with Crippen molar-refractivity contribution in [2.45, 2.75) is 69.9 Å². The van der Waals surface area contributed by atoms with Crippen molar-refractivity contribution < 1.29 is 4.79 Å². The van der Waals surface area contributed by atoms with E-state index in [2.05, 4.69) is 9.78 Å². The molecule has 0 saturated heterocycles. The molecule has 2 N–H and O–H groups in total. The molecule has 4 nitrogen and oxygen atoms in total. The molecule has 3 rings (SSSR count). The van der Waals surface area contributed by atoms with Gasteiger partial charge in [0.25, 0.3) is 0 Å².